The van der Waals surface area contributed by atoms with Gasteiger partial charge in [-0.1, -0.05) is 6.08 Å². The predicted octanol–water partition coefficient (Wildman–Crippen LogP) is 2.37. The van der Waals surface area contributed by atoms with Gasteiger partial charge in [0, 0.05) is 12.2 Å². The van der Waals surface area contributed by atoms with E-state index in [9.17, 15) is 4.79 Å². The second-order valence-corrected chi connectivity index (χ2v) is 2.89. The number of anilines is 1. The Kier molecular flexibility index (Phi) is 3.73. The molecule has 14 heavy (non-hydrogen) atoms. The average Bonchev–Trinajstić information content (AvgIpc) is 2.19. The first kappa shape index (κ1) is 10.3. The minimum absolute atomic E-state index is 0.305. The summed E-state index contributed by atoms with van der Waals surface area (Å²) >= 11 is 0. The zero-order valence-electron chi connectivity index (χ0n) is 7.86. The van der Waals surface area contributed by atoms with Crippen LogP contribution in [0, 0.1) is 0 Å². The van der Waals surface area contributed by atoms with Gasteiger partial charge in [0.1, 0.15) is 0 Å². The molecular formula is C11H13NO2. The van der Waals surface area contributed by atoms with Gasteiger partial charge < -0.3 is 10.4 Å². The molecule has 0 saturated heterocycles. The number of carboxylic acids is 1. The first-order valence-corrected chi connectivity index (χ1v) is 4.42. The number of hydrogen-bond acceptors (Lipinski definition) is 2. The third kappa shape index (κ3) is 2.94. The molecule has 0 radical (unpaired) electrons. The number of aromatic carboxylic acids is 1. The average molecular weight is 191 g/mol. The molecule has 0 fully saturated rings. The van der Waals surface area contributed by atoms with Crippen molar-refractivity contribution in [1.82, 2.24) is 0 Å². The molecule has 1 aromatic rings. The van der Waals surface area contributed by atoms with Crippen molar-refractivity contribution in [2.24, 2.45) is 0 Å². The molecular weight excluding hydrogens is 178 g/mol. The normalized spacial score (nSPS) is 9.43. The van der Waals surface area contributed by atoms with Gasteiger partial charge in [-0.05, 0) is 30.7 Å². The van der Waals surface area contributed by atoms with Crippen LogP contribution in [0.5, 0.6) is 0 Å². The maximum Gasteiger partial charge on any atom is 0.335 e. The minimum Gasteiger partial charge on any atom is -0.478 e. The van der Waals surface area contributed by atoms with Gasteiger partial charge in [-0.3, -0.25) is 0 Å². The molecule has 0 amide bonds. The maximum atomic E-state index is 10.5. The second-order valence-electron chi connectivity index (χ2n) is 2.89. The van der Waals surface area contributed by atoms with Crippen molar-refractivity contribution in [3.8, 4) is 0 Å². The molecule has 1 rings (SSSR count). The van der Waals surface area contributed by atoms with Crippen LogP contribution in [0.1, 0.15) is 16.8 Å². The fourth-order valence-electron chi connectivity index (χ4n) is 1.05. The number of hydrogen-bond donors (Lipinski definition) is 2. The Morgan fingerprint density at radius 1 is 1.43 bits per heavy atom. The number of rotatable bonds is 5. The summed E-state index contributed by atoms with van der Waals surface area (Å²) in [6.45, 7) is 4.43. The summed E-state index contributed by atoms with van der Waals surface area (Å²) in [5.41, 5.74) is 1.23. The lowest BCUT2D eigenvalue weighted by molar-refractivity contribution is 0.0697. The molecule has 0 saturated carbocycles. The fourth-order valence-corrected chi connectivity index (χ4v) is 1.05. The smallest absolute Gasteiger partial charge is 0.335 e. The van der Waals surface area contributed by atoms with Gasteiger partial charge in [-0.15, -0.1) is 6.58 Å². The minimum atomic E-state index is -0.900. The van der Waals surface area contributed by atoms with E-state index in [1.807, 2.05) is 6.08 Å². The summed E-state index contributed by atoms with van der Waals surface area (Å²) in [6.07, 6.45) is 2.72. The van der Waals surface area contributed by atoms with Crippen LogP contribution in [0.25, 0.3) is 0 Å². The molecule has 1 aromatic carbocycles. The predicted molar refractivity (Wildman–Crippen MR) is 56.7 cm³/mol. The van der Waals surface area contributed by atoms with Crippen molar-refractivity contribution in [2.75, 3.05) is 11.9 Å². The molecule has 0 aliphatic rings. The lowest BCUT2D eigenvalue weighted by atomic mass is 10.2. The first-order chi connectivity index (χ1) is 6.74. The molecule has 0 aromatic heterocycles. The Morgan fingerprint density at radius 3 is 2.57 bits per heavy atom. The largest absolute Gasteiger partial charge is 0.478 e. The van der Waals surface area contributed by atoms with E-state index in [0.29, 0.717) is 5.56 Å². The van der Waals surface area contributed by atoms with Crippen molar-refractivity contribution < 1.29 is 9.90 Å². The Hall–Kier alpha value is -1.77. The summed E-state index contributed by atoms with van der Waals surface area (Å²) < 4.78 is 0. The van der Waals surface area contributed by atoms with Crippen molar-refractivity contribution in [1.29, 1.82) is 0 Å². The lowest BCUT2D eigenvalue weighted by Crippen LogP contribution is -2.01. The van der Waals surface area contributed by atoms with Crippen molar-refractivity contribution in [2.45, 2.75) is 6.42 Å². The van der Waals surface area contributed by atoms with Crippen molar-refractivity contribution in [3.63, 3.8) is 0 Å². The number of carboxylic acid groups (broad SMARTS) is 1. The van der Waals surface area contributed by atoms with Crippen LogP contribution >= 0.6 is 0 Å². The van der Waals surface area contributed by atoms with Crippen LogP contribution in [0.3, 0.4) is 0 Å². The summed E-state index contributed by atoms with van der Waals surface area (Å²) in [6, 6.07) is 6.68. The van der Waals surface area contributed by atoms with Crippen LogP contribution in [-0.4, -0.2) is 17.6 Å². The molecule has 0 bridgehead atoms. The Morgan fingerprint density at radius 2 is 2.07 bits per heavy atom. The van der Waals surface area contributed by atoms with E-state index in [1.54, 1.807) is 24.3 Å². The maximum absolute atomic E-state index is 10.5. The monoisotopic (exact) mass is 191 g/mol. The van der Waals surface area contributed by atoms with E-state index in [2.05, 4.69) is 11.9 Å². The zero-order valence-corrected chi connectivity index (χ0v) is 7.86. The molecule has 2 N–H and O–H groups in total. The van der Waals surface area contributed by atoms with Gasteiger partial charge in [-0.2, -0.15) is 0 Å². The van der Waals surface area contributed by atoms with Crippen LogP contribution in [-0.2, 0) is 0 Å². The van der Waals surface area contributed by atoms with Crippen LogP contribution in [0.4, 0.5) is 5.69 Å². The highest BCUT2D eigenvalue weighted by Crippen LogP contribution is 2.09. The molecule has 0 atom stereocenters. The molecule has 0 aliphatic carbocycles. The Bertz CT molecular complexity index is 317. The highest BCUT2D eigenvalue weighted by atomic mass is 16.4. The van der Waals surface area contributed by atoms with E-state index < -0.39 is 5.97 Å². The van der Waals surface area contributed by atoms with E-state index >= 15 is 0 Å². The van der Waals surface area contributed by atoms with Crippen LogP contribution < -0.4 is 5.32 Å². The topological polar surface area (TPSA) is 49.3 Å². The standard InChI is InChI=1S/C11H13NO2/c1-2-3-8-12-10-6-4-9(5-7-10)11(13)14/h2,4-7,12H,1,3,8H2,(H,13,14). The van der Waals surface area contributed by atoms with Gasteiger partial charge in [0.05, 0.1) is 5.56 Å². The van der Waals surface area contributed by atoms with E-state index in [0.717, 1.165) is 18.7 Å². The summed E-state index contributed by atoms with van der Waals surface area (Å²) in [7, 11) is 0. The Labute approximate surface area is 83.1 Å². The van der Waals surface area contributed by atoms with Crippen molar-refractivity contribution >= 4 is 11.7 Å². The first-order valence-electron chi connectivity index (χ1n) is 4.42. The number of benzene rings is 1. The van der Waals surface area contributed by atoms with Gasteiger partial charge in [0.15, 0.2) is 0 Å². The quantitative estimate of drug-likeness (QED) is 0.555. The summed E-state index contributed by atoms with van der Waals surface area (Å²) in [4.78, 5) is 10.5. The Balaban J connectivity index is 2.55. The molecule has 74 valence electrons. The van der Waals surface area contributed by atoms with Gasteiger partial charge in [0.25, 0.3) is 0 Å². The molecule has 3 heteroatoms. The second kappa shape index (κ2) is 5.07. The SMILES string of the molecule is C=CCCNc1ccc(C(=O)O)cc1. The molecule has 0 unspecified atom stereocenters. The molecule has 0 aliphatic heterocycles. The van der Waals surface area contributed by atoms with Crippen molar-refractivity contribution in [3.05, 3.63) is 42.5 Å². The lowest BCUT2D eigenvalue weighted by Gasteiger charge is -2.04. The van der Waals surface area contributed by atoms with Gasteiger partial charge in [-0.25, -0.2) is 4.79 Å². The summed E-state index contributed by atoms with van der Waals surface area (Å²) in [5.74, 6) is -0.900. The van der Waals surface area contributed by atoms with E-state index in [1.165, 1.54) is 0 Å². The van der Waals surface area contributed by atoms with Crippen LogP contribution in [0.15, 0.2) is 36.9 Å². The fraction of sp³-hybridized carbons (Fsp3) is 0.182. The van der Waals surface area contributed by atoms with Crippen LogP contribution in [0.2, 0.25) is 0 Å². The third-order valence-electron chi connectivity index (χ3n) is 1.81. The number of carbonyl (C=O) groups is 1. The van der Waals surface area contributed by atoms with E-state index in [-0.39, 0.29) is 0 Å². The van der Waals surface area contributed by atoms with E-state index in [4.69, 9.17) is 5.11 Å². The number of nitrogens with one attached hydrogen (secondary N) is 1. The molecule has 0 heterocycles. The third-order valence-corrected chi connectivity index (χ3v) is 1.81. The summed E-state index contributed by atoms with van der Waals surface area (Å²) in [5, 5.41) is 11.8. The van der Waals surface area contributed by atoms with Gasteiger partial charge in [0.2, 0.25) is 0 Å². The highest BCUT2D eigenvalue weighted by molar-refractivity contribution is 5.87. The van der Waals surface area contributed by atoms with Gasteiger partial charge >= 0.3 is 5.97 Å². The zero-order chi connectivity index (χ0) is 10.4. The molecule has 3 nitrogen and oxygen atoms in total. The highest BCUT2D eigenvalue weighted by Gasteiger charge is 2.00. The molecule has 0 spiro atoms.